The van der Waals surface area contributed by atoms with Crippen molar-refractivity contribution < 1.29 is 9.21 Å². The number of benzene rings is 1. The van der Waals surface area contributed by atoms with Crippen molar-refractivity contribution in [3.05, 3.63) is 95.5 Å². The molecule has 1 aliphatic rings. The van der Waals surface area contributed by atoms with Gasteiger partial charge in [0.15, 0.2) is 0 Å². The SMILES string of the molecule is Cc1ccc(-c2ccc(N3CCNC(c4ccccc4)C3)nc2C(=O)c2cccnc2N)o1. The zero-order valence-corrected chi connectivity index (χ0v) is 18.4. The van der Waals surface area contributed by atoms with Crippen molar-refractivity contribution in [3.8, 4) is 11.3 Å². The van der Waals surface area contributed by atoms with Crippen LogP contribution in [0.25, 0.3) is 11.3 Å². The number of anilines is 2. The van der Waals surface area contributed by atoms with Crippen LogP contribution in [0.3, 0.4) is 0 Å². The Bertz CT molecular complexity index is 1280. The van der Waals surface area contributed by atoms with Gasteiger partial charge in [-0.15, -0.1) is 0 Å². The molecule has 1 atom stereocenters. The zero-order valence-electron chi connectivity index (χ0n) is 18.4. The van der Waals surface area contributed by atoms with Gasteiger partial charge in [-0.25, -0.2) is 9.97 Å². The van der Waals surface area contributed by atoms with Gasteiger partial charge in [0.1, 0.15) is 28.9 Å². The molecule has 7 nitrogen and oxygen atoms in total. The van der Waals surface area contributed by atoms with E-state index in [4.69, 9.17) is 15.1 Å². The third-order valence-corrected chi connectivity index (χ3v) is 5.89. The molecule has 4 aromatic rings. The molecule has 0 bridgehead atoms. The number of ketones is 1. The summed E-state index contributed by atoms with van der Waals surface area (Å²) >= 11 is 0. The Kier molecular flexibility index (Phi) is 5.62. The van der Waals surface area contributed by atoms with Gasteiger partial charge in [-0.2, -0.15) is 0 Å². The third-order valence-electron chi connectivity index (χ3n) is 5.89. The summed E-state index contributed by atoms with van der Waals surface area (Å²) < 4.78 is 5.82. The van der Waals surface area contributed by atoms with Crippen molar-refractivity contribution in [1.82, 2.24) is 15.3 Å². The quantitative estimate of drug-likeness (QED) is 0.454. The van der Waals surface area contributed by atoms with Crippen LogP contribution < -0.4 is 16.0 Å². The number of carbonyl (C=O) groups excluding carboxylic acids is 1. The highest BCUT2D eigenvalue weighted by molar-refractivity contribution is 6.13. The molecule has 0 radical (unpaired) electrons. The molecule has 3 aromatic heterocycles. The maximum absolute atomic E-state index is 13.5. The van der Waals surface area contributed by atoms with Gasteiger partial charge in [0, 0.05) is 37.4 Å². The van der Waals surface area contributed by atoms with Crippen LogP contribution in [0.2, 0.25) is 0 Å². The fraction of sp³-hybridized carbons (Fsp3) is 0.192. The van der Waals surface area contributed by atoms with E-state index in [-0.39, 0.29) is 17.6 Å². The van der Waals surface area contributed by atoms with Gasteiger partial charge in [0.2, 0.25) is 5.78 Å². The summed E-state index contributed by atoms with van der Waals surface area (Å²) in [6.07, 6.45) is 1.57. The van der Waals surface area contributed by atoms with Crippen LogP contribution >= 0.6 is 0 Å². The van der Waals surface area contributed by atoms with Gasteiger partial charge < -0.3 is 20.4 Å². The van der Waals surface area contributed by atoms with E-state index in [1.54, 1.807) is 18.3 Å². The second kappa shape index (κ2) is 8.88. The monoisotopic (exact) mass is 439 g/mol. The Balaban J connectivity index is 1.54. The highest BCUT2D eigenvalue weighted by atomic mass is 16.3. The maximum Gasteiger partial charge on any atom is 0.215 e. The van der Waals surface area contributed by atoms with Crippen molar-refractivity contribution in [2.75, 3.05) is 30.3 Å². The Morgan fingerprint density at radius 2 is 1.94 bits per heavy atom. The van der Waals surface area contributed by atoms with Gasteiger partial charge in [-0.1, -0.05) is 30.3 Å². The average molecular weight is 440 g/mol. The van der Waals surface area contributed by atoms with Crippen LogP contribution in [0.4, 0.5) is 11.6 Å². The van der Waals surface area contributed by atoms with Crippen LogP contribution in [-0.2, 0) is 0 Å². The third kappa shape index (κ3) is 4.23. The molecule has 7 heteroatoms. The maximum atomic E-state index is 13.5. The standard InChI is InChI=1S/C26H25N5O2/c1-17-9-11-22(33-17)19-10-12-23(30-24(19)25(32)20-8-5-13-29-26(20)27)31-15-14-28-21(16-31)18-6-3-2-4-7-18/h2-13,21,28H,14-16H2,1H3,(H2,27,29). The first-order chi connectivity index (χ1) is 16.1. The molecule has 1 aliphatic heterocycles. The largest absolute Gasteiger partial charge is 0.461 e. The number of nitrogens with two attached hydrogens (primary N) is 1. The second-order valence-corrected chi connectivity index (χ2v) is 8.10. The number of carbonyl (C=O) groups is 1. The lowest BCUT2D eigenvalue weighted by Gasteiger charge is -2.35. The van der Waals surface area contributed by atoms with Gasteiger partial charge in [-0.05, 0) is 48.9 Å². The number of hydrogen-bond donors (Lipinski definition) is 2. The van der Waals surface area contributed by atoms with E-state index in [9.17, 15) is 4.79 Å². The molecule has 5 rings (SSSR count). The highest BCUT2D eigenvalue weighted by Crippen LogP contribution is 2.30. The molecule has 3 N–H and O–H groups in total. The van der Waals surface area contributed by atoms with E-state index < -0.39 is 0 Å². The van der Waals surface area contributed by atoms with Crippen LogP contribution in [0.1, 0.15) is 33.4 Å². The summed E-state index contributed by atoms with van der Waals surface area (Å²) in [4.78, 5) is 24.6. The number of nitrogen functional groups attached to an aromatic ring is 1. The number of furan rings is 1. The van der Waals surface area contributed by atoms with E-state index in [0.29, 0.717) is 22.6 Å². The minimum absolute atomic E-state index is 0.183. The number of aromatic nitrogens is 2. The van der Waals surface area contributed by atoms with Crippen LogP contribution in [0, 0.1) is 6.92 Å². The van der Waals surface area contributed by atoms with E-state index in [2.05, 4.69) is 27.3 Å². The number of rotatable bonds is 5. The molecule has 1 unspecified atom stereocenters. The van der Waals surface area contributed by atoms with E-state index in [1.165, 1.54) is 5.56 Å². The van der Waals surface area contributed by atoms with Crippen LogP contribution in [0.5, 0.6) is 0 Å². The minimum atomic E-state index is -0.277. The predicted molar refractivity (Wildman–Crippen MR) is 128 cm³/mol. The summed E-state index contributed by atoms with van der Waals surface area (Å²) in [5.74, 6) is 2.01. The fourth-order valence-corrected chi connectivity index (χ4v) is 4.18. The molecular formula is C26H25N5O2. The predicted octanol–water partition coefficient (Wildman–Crippen LogP) is 4.01. The lowest BCUT2D eigenvalue weighted by atomic mass is 10.0. The summed E-state index contributed by atoms with van der Waals surface area (Å²) in [5, 5.41) is 3.57. The average Bonchev–Trinajstić information content (AvgIpc) is 3.30. The normalized spacial score (nSPS) is 16.0. The van der Waals surface area contributed by atoms with E-state index in [0.717, 1.165) is 31.2 Å². The first-order valence-electron chi connectivity index (χ1n) is 11.0. The van der Waals surface area contributed by atoms with Crippen molar-refractivity contribution in [3.63, 3.8) is 0 Å². The van der Waals surface area contributed by atoms with Gasteiger partial charge in [0.25, 0.3) is 0 Å². The molecule has 0 aliphatic carbocycles. The molecule has 1 fully saturated rings. The van der Waals surface area contributed by atoms with Crippen molar-refractivity contribution in [2.24, 2.45) is 0 Å². The first-order valence-corrected chi connectivity index (χ1v) is 11.0. The van der Waals surface area contributed by atoms with Crippen LogP contribution in [0.15, 0.2) is 77.3 Å². The van der Waals surface area contributed by atoms with Gasteiger partial charge >= 0.3 is 0 Å². The first kappa shape index (κ1) is 20.9. The second-order valence-electron chi connectivity index (χ2n) is 8.10. The Hall–Kier alpha value is -3.97. The molecule has 33 heavy (non-hydrogen) atoms. The molecule has 0 saturated carbocycles. The molecule has 0 amide bonds. The highest BCUT2D eigenvalue weighted by Gasteiger charge is 2.25. The molecule has 166 valence electrons. The summed E-state index contributed by atoms with van der Waals surface area (Å²) in [7, 11) is 0. The van der Waals surface area contributed by atoms with E-state index in [1.807, 2.05) is 49.4 Å². The van der Waals surface area contributed by atoms with Crippen molar-refractivity contribution in [2.45, 2.75) is 13.0 Å². The Morgan fingerprint density at radius 3 is 2.70 bits per heavy atom. The Labute approximate surface area is 192 Å². The topological polar surface area (TPSA) is 97.3 Å². The molecular weight excluding hydrogens is 414 g/mol. The molecule has 0 spiro atoms. The number of nitrogens with zero attached hydrogens (tertiary/aromatic N) is 3. The number of hydrogen-bond acceptors (Lipinski definition) is 7. The molecule has 1 saturated heterocycles. The van der Waals surface area contributed by atoms with Crippen molar-refractivity contribution >= 4 is 17.4 Å². The summed E-state index contributed by atoms with van der Waals surface area (Å²) in [5.41, 5.74) is 8.50. The lowest BCUT2D eigenvalue weighted by Crippen LogP contribution is -2.46. The zero-order chi connectivity index (χ0) is 22.8. The van der Waals surface area contributed by atoms with E-state index >= 15 is 0 Å². The smallest absolute Gasteiger partial charge is 0.215 e. The number of nitrogens with one attached hydrogen (secondary N) is 1. The number of aryl methyl sites for hydroxylation is 1. The minimum Gasteiger partial charge on any atom is -0.461 e. The number of piperazine rings is 1. The summed E-state index contributed by atoms with van der Waals surface area (Å²) in [6, 6.07) is 21.5. The van der Waals surface area contributed by atoms with Gasteiger partial charge in [-0.3, -0.25) is 4.79 Å². The molecule has 1 aromatic carbocycles. The van der Waals surface area contributed by atoms with Crippen LogP contribution in [-0.4, -0.2) is 35.4 Å². The fourth-order valence-electron chi connectivity index (χ4n) is 4.18. The van der Waals surface area contributed by atoms with Crippen molar-refractivity contribution in [1.29, 1.82) is 0 Å². The summed E-state index contributed by atoms with van der Waals surface area (Å²) in [6.45, 7) is 4.23. The van der Waals surface area contributed by atoms with Gasteiger partial charge in [0.05, 0.1) is 5.56 Å². The Morgan fingerprint density at radius 1 is 1.09 bits per heavy atom. The number of pyridine rings is 2. The molecule has 4 heterocycles. The lowest BCUT2D eigenvalue weighted by molar-refractivity contribution is 0.103.